The zero-order chi connectivity index (χ0) is 19.1. The molecule has 0 fully saturated rings. The van der Waals surface area contributed by atoms with Crippen LogP contribution in [-0.4, -0.2) is 34.3 Å². The van der Waals surface area contributed by atoms with E-state index in [1.807, 2.05) is 60.7 Å². The fourth-order valence-electron chi connectivity index (χ4n) is 2.18. The van der Waals surface area contributed by atoms with E-state index >= 15 is 0 Å². The third kappa shape index (κ3) is 5.66. The second kappa shape index (κ2) is 10.0. The van der Waals surface area contributed by atoms with Crippen molar-refractivity contribution in [2.75, 3.05) is 0 Å². The van der Waals surface area contributed by atoms with E-state index in [4.69, 9.17) is 11.5 Å². The minimum absolute atomic E-state index is 0.202. The zero-order valence-corrected chi connectivity index (χ0v) is 18.8. The predicted octanol–water partition coefficient (Wildman–Crippen LogP) is 3.51. The van der Waals surface area contributed by atoms with Gasteiger partial charge in [-0.2, -0.15) is 0 Å². The monoisotopic (exact) mass is 474 g/mol. The topological polar surface area (TPSA) is 101 Å². The van der Waals surface area contributed by atoms with Gasteiger partial charge in [0, 0.05) is 0 Å². The molecule has 11 heteroatoms. The Hall–Kier alpha value is -1.66. The third-order valence-electron chi connectivity index (χ3n) is 3.32. The van der Waals surface area contributed by atoms with Crippen LogP contribution in [0.15, 0.2) is 81.1 Å². The molecule has 0 spiro atoms. The van der Waals surface area contributed by atoms with Crippen LogP contribution < -0.4 is 11.5 Å². The molecule has 0 bridgehead atoms. The van der Waals surface area contributed by atoms with Crippen LogP contribution in [0.2, 0.25) is 0 Å². The Bertz CT molecular complexity index is 831. The van der Waals surface area contributed by atoms with Crippen molar-refractivity contribution in [3.63, 3.8) is 0 Å². The summed E-state index contributed by atoms with van der Waals surface area (Å²) in [6.45, 7) is 0. The molecule has 0 radical (unpaired) electrons. The maximum absolute atomic E-state index is 13.2. The van der Waals surface area contributed by atoms with Crippen molar-refractivity contribution in [1.82, 2.24) is 0 Å². The quantitative estimate of drug-likeness (QED) is 0.662. The van der Waals surface area contributed by atoms with E-state index in [9.17, 15) is 3.89 Å². The number of rotatable bonds is 3. The number of nitrogens with zero attached hydrogens (tertiary/aromatic N) is 4. The summed E-state index contributed by atoms with van der Waals surface area (Å²) in [5.41, 5.74) is 14.5. The van der Waals surface area contributed by atoms with Gasteiger partial charge in [-0.15, -0.1) is 0 Å². The minimum atomic E-state index is -2.63. The van der Waals surface area contributed by atoms with E-state index < -0.39 is 12.5 Å². The van der Waals surface area contributed by atoms with Crippen molar-refractivity contribution in [2.24, 2.45) is 31.9 Å². The van der Waals surface area contributed by atoms with Gasteiger partial charge in [-0.25, -0.2) is 0 Å². The normalized spacial score (nSPS) is 23.5. The Morgan fingerprint density at radius 1 is 0.704 bits per heavy atom. The number of nitrogens with two attached hydrogens (primary N) is 2. The van der Waals surface area contributed by atoms with Gasteiger partial charge in [-0.05, 0) is 0 Å². The van der Waals surface area contributed by atoms with Gasteiger partial charge in [-0.3, -0.25) is 0 Å². The summed E-state index contributed by atoms with van der Waals surface area (Å²) in [7, 11) is 2.68. The molecule has 136 valence electrons. The molecule has 0 unspecified atom stereocenters. The molecular formula is C16H14FGaN6S3. The molecule has 1 aliphatic rings. The summed E-state index contributed by atoms with van der Waals surface area (Å²) in [5.74, 6) is 0. The van der Waals surface area contributed by atoms with Crippen LogP contribution in [0.1, 0.15) is 11.1 Å². The van der Waals surface area contributed by atoms with Crippen molar-refractivity contribution in [3.05, 3.63) is 71.8 Å². The molecule has 0 saturated carbocycles. The molecule has 6 nitrogen and oxygen atoms in total. The first-order valence-electron chi connectivity index (χ1n) is 7.71. The van der Waals surface area contributed by atoms with E-state index in [0.29, 0.717) is 11.4 Å². The SMILES string of the molecule is N/C1=N/N=C(c2ccccc2)/C(c2ccccc2)=N/N=C(/N)[S][Ga]([S]F)[S]1. The van der Waals surface area contributed by atoms with Gasteiger partial charge in [0.1, 0.15) is 0 Å². The van der Waals surface area contributed by atoms with Crippen molar-refractivity contribution >= 4 is 63.8 Å². The third-order valence-corrected chi connectivity index (χ3v) is 19.1. The Kier molecular flexibility index (Phi) is 7.47. The second-order valence-electron chi connectivity index (χ2n) is 5.12. The van der Waals surface area contributed by atoms with E-state index in [1.165, 1.54) is 19.4 Å². The standard InChI is InChI=1S/C16H16N6S2.FS.Ga/c17-15(23)21-19-13(11-7-3-1-4-8-11)14(20-22-16(18)24)12-9-5-2-6-10-12;1-2;/h1-10H,(H3,17,21,23)(H3,18,22,24);;/q;-1;+3/p-2/b19-13+,20-14+;;. The van der Waals surface area contributed by atoms with Gasteiger partial charge >= 0.3 is 171 Å². The van der Waals surface area contributed by atoms with Crippen LogP contribution in [0.4, 0.5) is 3.89 Å². The average molecular weight is 475 g/mol. The van der Waals surface area contributed by atoms with E-state index in [1.54, 1.807) is 0 Å². The Morgan fingerprint density at radius 3 is 1.48 bits per heavy atom. The fraction of sp³-hybridized carbons (Fsp3) is 0. The summed E-state index contributed by atoms with van der Waals surface area (Å²) in [6, 6.07) is 19.0. The van der Waals surface area contributed by atoms with E-state index in [2.05, 4.69) is 20.4 Å². The van der Waals surface area contributed by atoms with E-state index in [0.717, 1.165) is 11.1 Å². The van der Waals surface area contributed by atoms with Gasteiger partial charge in [0.2, 0.25) is 0 Å². The molecule has 27 heavy (non-hydrogen) atoms. The molecule has 0 aliphatic carbocycles. The van der Waals surface area contributed by atoms with Crippen LogP contribution in [0.25, 0.3) is 0 Å². The van der Waals surface area contributed by atoms with Gasteiger partial charge in [0.05, 0.1) is 0 Å². The number of benzene rings is 2. The molecular weight excluding hydrogens is 461 g/mol. The van der Waals surface area contributed by atoms with Crippen LogP contribution in [-0.2, 0) is 0 Å². The molecule has 2 aromatic carbocycles. The predicted molar refractivity (Wildman–Crippen MR) is 119 cm³/mol. The van der Waals surface area contributed by atoms with Crippen LogP contribution in [0.5, 0.6) is 0 Å². The van der Waals surface area contributed by atoms with Crippen LogP contribution in [0, 0.1) is 0 Å². The summed E-state index contributed by atoms with van der Waals surface area (Å²) in [4.78, 5) is 0. The summed E-state index contributed by atoms with van der Waals surface area (Å²) in [5, 5.41) is 17.3. The summed E-state index contributed by atoms with van der Waals surface area (Å²) in [6.07, 6.45) is 0. The Morgan fingerprint density at radius 2 is 1.11 bits per heavy atom. The summed E-state index contributed by atoms with van der Waals surface area (Å²) >= 11 is -2.63. The zero-order valence-electron chi connectivity index (χ0n) is 13.9. The number of halogens is 1. The molecule has 0 atom stereocenters. The molecule has 3 rings (SSSR count). The Labute approximate surface area is 170 Å². The molecule has 0 amide bonds. The Balaban J connectivity index is 2.19. The molecule has 0 aromatic heterocycles. The van der Waals surface area contributed by atoms with Gasteiger partial charge in [0.25, 0.3) is 0 Å². The molecule has 1 aliphatic heterocycles. The van der Waals surface area contributed by atoms with Gasteiger partial charge in [0.15, 0.2) is 0 Å². The molecule has 4 N–H and O–H groups in total. The first-order chi connectivity index (χ1) is 13.2. The molecule has 0 saturated heterocycles. The molecule has 1 heterocycles. The average Bonchev–Trinajstić information content (AvgIpc) is 2.73. The number of amidine groups is 2. The van der Waals surface area contributed by atoms with Crippen molar-refractivity contribution in [1.29, 1.82) is 0 Å². The summed E-state index contributed by atoms with van der Waals surface area (Å²) < 4.78 is 13.2. The fourth-order valence-corrected chi connectivity index (χ4v) is 14.7. The van der Waals surface area contributed by atoms with Crippen LogP contribution in [0.3, 0.4) is 0 Å². The second-order valence-corrected chi connectivity index (χ2v) is 23.9. The van der Waals surface area contributed by atoms with Gasteiger partial charge < -0.3 is 0 Å². The van der Waals surface area contributed by atoms with Crippen LogP contribution >= 0.6 is 29.5 Å². The number of hydrogen-bond acceptors (Lipinski definition) is 9. The first-order valence-corrected chi connectivity index (χ1v) is 19.2. The van der Waals surface area contributed by atoms with Gasteiger partial charge in [-0.1, -0.05) is 0 Å². The van der Waals surface area contributed by atoms with Crippen molar-refractivity contribution < 1.29 is 3.89 Å². The van der Waals surface area contributed by atoms with Crippen molar-refractivity contribution in [3.8, 4) is 0 Å². The maximum atomic E-state index is 13.2. The molecule has 2 aromatic rings. The first kappa shape index (κ1) is 20.1. The van der Waals surface area contributed by atoms with Crippen molar-refractivity contribution in [2.45, 2.75) is 0 Å². The van der Waals surface area contributed by atoms with E-state index in [-0.39, 0.29) is 20.4 Å². The number of hydrogen-bond donors (Lipinski definition) is 2.